The molecule has 3 aromatic rings. The number of hydrogen-bond donors (Lipinski definition) is 2. The van der Waals surface area contributed by atoms with Gasteiger partial charge in [0.05, 0.1) is 11.5 Å². The number of benzene rings is 1. The van der Waals surface area contributed by atoms with Gasteiger partial charge in [0.2, 0.25) is 10.0 Å². The van der Waals surface area contributed by atoms with Crippen molar-refractivity contribution in [2.45, 2.75) is 16.9 Å². The molecule has 5 nitrogen and oxygen atoms in total. The quantitative estimate of drug-likeness (QED) is 0.659. The molecule has 0 aliphatic carbocycles. The lowest BCUT2D eigenvalue weighted by molar-refractivity contribution is 0.0903. The van der Waals surface area contributed by atoms with Crippen LogP contribution in [0.2, 0.25) is 0 Å². The molecule has 3 heterocycles. The molecule has 0 saturated carbocycles. The summed E-state index contributed by atoms with van der Waals surface area (Å²) in [4.78, 5) is 0.876. The predicted molar refractivity (Wildman–Crippen MR) is 102 cm³/mol. The molecule has 0 unspecified atom stereocenters. The van der Waals surface area contributed by atoms with Crippen LogP contribution < -0.4 is 9.46 Å². The van der Waals surface area contributed by atoms with Gasteiger partial charge in [-0.3, -0.25) is 0 Å². The van der Waals surface area contributed by atoms with E-state index >= 15 is 0 Å². The van der Waals surface area contributed by atoms with Gasteiger partial charge in [0.15, 0.2) is 0 Å². The van der Waals surface area contributed by atoms with E-state index < -0.39 is 15.6 Å². The maximum atomic E-state index is 12.8. The smallest absolute Gasteiger partial charge is 0.240 e. The number of aliphatic hydroxyl groups is 1. The Morgan fingerprint density at radius 2 is 2.12 bits per heavy atom. The van der Waals surface area contributed by atoms with Crippen molar-refractivity contribution in [3.63, 3.8) is 0 Å². The van der Waals surface area contributed by atoms with E-state index in [1.165, 1.54) is 28.7 Å². The van der Waals surface area contributed by atoms with Crippen molar-refractivity contribution in [3.8, 4) is 5.75 Å². The number of ether oxygens (including phenoxy) is 1. The van der Waals surface area contributed by atoms with Crippen LogP contribution in [-0.4, -0.2) is 26.7 Å². The lowest BCUT2D eigenvalue weighted by atomic mass is 9.95. The zero-order valence-corrected chi connectivity index (χ0v) is 16.2. The zero-order chi connectivity index (χ0) is 18.2. The molecule has 2 N–H and O–H groups in total. The summed E-state index contributed by atoms with van der Waals surface area (Å²) >= 11 is 2.85. The number of fused-ring (bicyclic) bond motifs is 1. The Kier molecular flexibility index (Phi) is 4.62. The number of nitrogens with one attached hydrogen (secondary N) is 1. The number of rotatable bonds is 6. The SMILES string of the molecule is O=S(=O)(NC[C@](O)(c1ccsc1)c1cccs1)c1ccc2c(c1)CCO2. The highest BCUT2D eigenvalue weighted by molar-refractivity contribution is 7.89. The van der Waals surface area contributed by atoms with Crippen molar-refractivity contribution in [1.29, 1.82) is 0 Å². The molecule has 1 aliphatic rings. The van der Waals surface area contributed by atoms with E-state index in [9.17, 15) is 13.5 Å². The largest absolute Gasteiger partial charge is 0.493 e. The fourth-order valence-electron chi connectivity index (χ4n) is 2.96. The van der Waals surface area contributed by atoms with Gasteiger partial charge in [-0.25, -0.2) is 13.1 Å². The highest BCUT2D eigenvalue weighted by Gasteiger charge is 2.35. The van der Waals surface area contributed by atoms with E-state index in [2.05, 4.69) is 4.72 Å². The van der Waals surface area contributed by atoms with Crippen LogP contribution in [0.5, 0.6) is 5.75 Å². The fraction of sp³-hybridized carbons (Fsp3) is 0.222. The molecular weight excluding hydrogens is 390 g/mol. The summed E-state index contributed by atoms with van der Waals surface area (Å²) in [5, 5.41) is 16.8. The van der Waals surface area contributed by atoms with Gasteiger partial charge in [-0.05, 0) is 52.0 Å². The van der Waals surface area contributed by atoms with Crippen molar-refractivity contribution >= 4 is 32.7 Å². The van der Waals surface area contributed by atoms with Gasteiger partial charge in [-0.1, -0.05) is 6.07 Å². The average Bonchev–Trinajstić information content (AvgIpc) is 3.41. The van der Waals surface area contributed by atoms with Crippen molar-refractivity contribution in [2.24, 2.45) is 0 Å². The van der Waals surface area contributed by atoms with Gasteiger partial charge in [-0.2, -0.15) is 11.3 Å². The van der Waals surface area contributed by atoms with Crippen LogP contribution in [0.4, 0.5) is 0 Å². The van der Waals surface area contributed by atoms with Crippen LogP contribution in [0.15, 0.2) is 57.4 Å². The molecule has 1 aromatic carbocycles. The summed E-state index contributed by atoms with van der Waals surface area (Å²) in [6, 6.07) is 10.3. The summed E-state index contributed by atoms with van der Waals surface area (Å²) in [6.07, 6.45) is 0.701. The molecule has 0 bridgehead atoms. The van der Waals surface area contributed by atoms with Crippen LogP contribution in [0.25, 0.3) is 0 Å². The molecule has 0 amide bonds. The first-order chi connectivity index (χ1) is 12.5. The molecule has 1 aliphatic heterocycles. The first-order valence-electron chi connectivity index (χ1n) is 8.03. The zero-order valence-electron chi connectivity index (χ0n) is 13.7. The monoisotopic (exact) mass is 407 g/mol. The minimum Gasteiger partial charge on any atom is -0.493 e. The van der Waals surface area contributed by atoms with Crippen molar-refractivity contribution in [3.05, 3.63) is 68.5 Å². The first-order valence-corrected chi connectivity index (χ1v) is 11.3. The lowest BCUT2D eigenvalue weighted by Crippen LogP contribution is -2.40. The second kappa shape index (κ2) is 6.79. The molecule has 26 heavy (non-hydrogen) atoms. The van der Waals surface area contributed by atoms with E-state index in [4.69, 9.17) is 4.74 Å². The Hall–Kier alpha value is -1.71. The maximum Gasteiger partial charge on any atom is 0.240 e. The van der Waals surface area contributed by atoms with Crippen LogP contribution >= 0.6 is 22.7 Å². The standard InChI is InChI=1S/C18H17NO4S3/c20-18(14-6-9-24-11-14,17-2-1-8-25-17)12-19-26(21,22)15-3-4-16-13(10-15)5-7-23-16/h1-4,6,8-11,19-20H,5,7,12H2/t18-/m0/s1. The molecule has 4 rings (SSSR count). The summed E-state index contributed by atoms with van der Waals surface area (Å²) in [7, 11) is -3.75. The Balaban J connectivity index is 1.61. The van der Waals surface area contributed by atoms with E-state index in [1.807, 2.05) is 34.3 Å². The molecule has 0 radical (unpaired) electrons. The van der Waals surface area contributed by atoms with Crippen LogP contribution in [0.3, 0.4) is 0 Å². The van der Waals surface area contributed by atoms with E-state index in [1.54, 1.807) is 12.1 Å². The topological polar surface area (TPSA) is 75.6 Å². The molecule has 8 heteroatoms. The lowest BCUT2D eigenvalue weighted by Gasteiger charge is -2.27. The van der Waals surface area contributed by atoms with Gasteiger partial charge in [0.1, 0.15) is 11.4 Å². The summed E-state index contributed by atoms with van der Waals surface area (Å²) in [5.74, 6) is 0.734. The third-order valence-corrected chi connectivity index (χ3v) is 7.52. The highest BCUT2D eigenvalue weighted by Crippen LogP contribution is 2.34. The Bertz CT molecular complexity index is 961. The van der Waals surface area contributed by atoms with Crippen molar-refractivity contribution < 1.29 is 18.3 Å². The fourth-order valence-corrected chi connectivity index (χ4v) is 5.64. The summed E-state index contributed by atoms with van der Waals surface area (Å²) in [6.45, 7) is 0.433. The third kappa shape index (κ3) is 3.19. The van der Waals surface area contributed by atoms with Gasteiger partial charge in [0.25, 0.3) is 0 Å². The second-order valence-corrected chi connectivity index (χ2v) is 9.54. The normalized spacial score (nSPS) is 16.0. The van der Waals surface area contributed by atoms with Gasteiger partial charge in [0, 0.05) is 23.4 Å². The van der Waals surface area contributed by atoms with Gasteiger partial charge < -0.3 is 9.84 Å². The minimum atomic E-state index is -3.75. The first kappa shape index (κ1) is 17.7. The van der Waals surface area contributed by atoms with Crippen molar-refractivity contribution in [1.82, 2.24) is 4.72 Å². The van der Waals surface area contributed by atoms with Gasteiger partial charge in [-0.15, -0.1) is 11.3 Å². The highest BCUT2D eigenvalue weighted by atomic mass is 32.2. The van der Waals surface area contributed by atoms with Gasteiger partial charge >= 0.3 is 0 Å². The number of hydrogen-bond acceptors (Lipinski definition) is 6. The second-order valence-electron chi connectivity index (χ2n) is 6.04. The van der Waals surface area contributed by atoms with Crippen LogP contribution in [0.1, 0.15) is 16.0 Å². The minimum absolute atomic E-state index is 0.139. The maximum absolute atomic E-state index is 12.8. The van der Waals surface area contributed by atoms with Crippen LogP contribution in [0, 0.1) is 0 Å². The predicted octanol–water partition coefficient (Wildman–Crippen LogP) is 2.96. The molecule has 1 atom stereocenters. The molecule has 0 fully saturated rings. The Morgan fingerprint density at radius 3 is 2.85 bits per heavy atom. The van der Waals surface area contributed by atoms with E-state index in [-0.39, 0.29) is 11.4 Å². The molecular formula is C18H17NO4S3. The Labute approximate surface area is 159 Å². The number of thiophene rings is 2. The average molecular weight is 408 g/mol. The Morgan fingerprint density at radius 1 is 1.23 bits per heavy atom. The molecule has 0 saturated heterocycles. The molecule has 0 spiro atoms. The van der Waals surface area contributed by atoms with Crippen LogP contribution in [-0.2, 0) is 22.0 Å². The van der Waals surface area contributed by atoms with Crippen molar-refractivity contribution in [2.75, 3.05) is 13.2 Å². The summed E-state index contributed by atoms with van der Waals surface area (Å²) in [5.41, 5.74) is 0.162. The third-order valence-electron chi connectivity index (χ3n) is 4.42. The molecule has 136 valence electrons. The summed E-state index contributed by atoms with van der Waals surface area (Å²) < 4.78 is 33.5. The van der Waals surface area contributed by atoms with E-state index in [0.717, 1.165) is 11.3 Å². The van der Waals surface area contributed by atoms with E-state index in [0.29, 0.717) is 23.5 Å². The number of sulfonamides is 1. The molecule has 2 aromatic heterocycles.